The first-order valence-electron chi connectivity index (χ1n) is 6.02. The number of carboxylic acids is 1. The number of fused-ring (bicyclic) bond motifs is 1. The lowest BCUT2D eigenvalue weighted by Gasteiger charge is -2.02. The Morgan fingerprint density at radius 1 is 1.20 bits per heavy atom. The second kappa shape index (κ2) is 5.64. The van der Waals surface area contributed by atoms with E-state index in [1.165, 1.54) is 22.1 Å². The Balaban J connectivity index is 1.74. The molecule has 0 aliphatic carbocycles. The minimum Gasteiger partial charge on any atom is -0.476 e. The molecule has 20 heavy (non-hydrogen) atoms. The van der Waals surface area contributed by atoms with Gasteiger partial charge >= 0.3 is 5.97 Å². The van der Waals surface area contributed by atoms with E-state index in [1.54, 1.807) is 17.1 Å². The van der Waals surface area contributed by atoms with E-state index in [4.69, 9.17) is 5.11 Å². The molecule has 0 fully saturated rings. The lowest BCUT2D eigenvalue weighted by molar-refractivity contribution is 0.0696. The summed E-state index contributed by atoms with van der Waals surface area (Å²) in [4.78, 5) is 16.0. The van der Waals surface area contributed by atoms with Crippen molar-refractivity contribution in [2.45, 2.75) is 10.6 Å². The van der Waals surface area contributed by atoms with Crippen molar-refractivity contribution in [2.75, 3.05) is 0 Å². The SMILES string of the molecule is O=C(O)c1nc(CSc2ccc3ccccc3c2)cs1. The van der Waals surface area contributed by atoms with E-state index < -0.39 is 5.97 Å². The molecule has 0 saturated heterocycles. The summed E-state index contributed by atoms with van der Waals surface area (Å²) >= 11 is 2.84. The zero-order chi connectivity index (χ0) is 13.9. The van der Waals surface area contributed by atoms with Crippen LogP contribution < -0.4 is 0 Å². The van der Waals surface area contributed by atoms with Crippen LogP contribution in [-0.4, -0.2) is 16.1 Å². The lowest BCUT2D eigenvalue weighted by Crippen LogP contribution is -1.94. The average Bonchev–Trinajstić information content (AvgIpc) is 2.94. The Morgan fingerprint density at radius 2 is 2.00 bits per heavy atom. The fourth-order valence-electron chi connectivity index (χ4n) is 1.89. The third-order valence-corrected chi connectivity index (χ3v) is 4.75. The number of hydrogen-bond donors (Lipinski definition) is 1. The molecule has 0 amide bonds. The standard InChI is InChI=1S/C15H11NO2S2/c17-15(18)14-16-12(9-20-14)8-19-13-6-5-10-3-1-2-4-11(10)7-13/h1-7,9H,8H2,(H,17,18). The molecular formula is C15H11NO2S2. The van der Waals surface area contributed by atoms with Gasteiger partial charge in [0.05, 0.1) is 5.69 Å². The molecule has 0 spiro atoms. The molecule has 0 saturated carbocycles. The Hall–Kier alpha value is -1.85. The number of carbonyl (C=O) groups is 1. The number of hydrogen-bond acceptors (Lipinski definition) is 4. The van der Waals surface area contributed by atoms with Crippen LogP contribution in [0.1, 0.15) is 15.5 Å². The summed E-state index contributed by atoms with van der Waals surface area (Å²) in [5.74, 6) is -0.278. The van der Waals surface area contributed by atoms with Crippen LogP contribution in [0.3, 0.4) is 0 Å². The highest BCUT2D eigenvalue weighted by atomic mass is 32.2. The lowest BCUT2D eigenvalue weighted by atomic mass is 10.1. The quantitative estimate of drug-likeness (QED) is 0.730. The molecule has 0 bridgehead atoms. The van der Waals surface area contributed by atoms with Gasteiger partial charge in [-0.2, -0.15) is 0 Å². The summed E-state index contributed by atoms with van der Waals surface area (Å²) in [5.41, 5.74) is 0.811. The highest BCUT2D eigenvalue weighted by Crippen LogP contribution is 2.27. The molecule has 2 aromatic carbocycles. The minimum absolute atomic E-state index is 0.152. The topological polar surface area (TPSA) is 50.2 Å². The maximum absolute atomic E-state index is 10.8. The third kappa shape index (κ3) is 2.84. The van der Waals surface area contributed by atoms with Crippen molar-refractivity contribution >= 4 is 39.8 Å². The second-order valence-corrected chi connectivity index (χ2v) is 6.15. The maximum Gasteiger partial charge on any atom is 0.365 e. The van der Waals surface area contributed by atoms with Crippen molar-refractivity contribution in [3.05, 3.63) is 58.5 Å². The molecule has 1 heterocycles. The molecule has 0 aliphatic heterocycles. The average molecular weight is 301 g/mol. The van der Waals surface area contributed by atoms with Gasteiger partial charge in [0, 0.05) is 16.0 Å². The summed E-state index contributed by atoms with van der Waals surface area (Å²) < 4.78 is 0. The maximum atomic E-state index is 10.8. The molecule has 3 rings (SSSR count). The molecule has 0 unspecified atom stereocenters. The van der Waals surface area contributed by atoms with Crippen LogP contribution in [0.25, 0.3) is 10.8 Å². The van der Waals surface area contributed by atoms with Crippen molar-refractivity contribution in [1.29, 1.82) is 0 Å². The van der Waals surface area contributed by atoms with E-state index in [9.17, 15) is 4.79 Å². The predicted octanol–water partition coefficient (Wildman–Crippen LogP) is 4.29. The van der Waals surface area contributed by atoms with Crippen LogP contribution in [-0.2, 0) is 5.75 Å². The molecule has 3 nitrogen and oxygen atoms in total. The summed E-state index contributed by atoms with van der Waals surface area (Å²) in [6, 6.07) is 14.5. The van der Waals surface area contributed by atoms with Gasteiger partial charge in [-0.25, -0.2) is 9.78 Å². The number of thioether (sulfide) groups is 1. The van der Waals surface area contributed by atoms with Gasteiger partial charge in [0.2, 0.25) is 5.01 Å². The van der Waals surface area contributed by atoms with Gasteiger partial charge in [-0.3, -0.25) is 0 Å². The number of carboxylic acid groups (broad SMARTS) is 1. The van der Waals surface area contributed by atoms with Crippen LogP contribution in [0, 0.1) is 0 Å². The fourth-order valence-corrected chi connectivity index (χ4v) is 3.48. The van der Waals surface area contributed by atoms with E-state index >= 15 is 0 Å². The fraction of sp³-hybridized carbons (Fsp3) is 0.0667. The monoisotopic (exact) mass is 301 g/mol. The zero-order valence-electron chi connectivity index (χ0n) is 10.4. The van der Waals surface area contributed by atoms with Crippen molar-refractivity contribution in [1.82, 2.24) is 4.98 Å². The predicted molar refractivity (Wildman–Crippen MR) is 82.6 cm³/mol. The Labute approximate surface area is 124 Å². The minimum atomic E-state index is -0.961. The number of thiazole rings is 1. The molecule has 0 atom stereocenters. The van der Waals surface area contributed by atoms with Gasteiger partial charge in [0.15, 0.2) is 0 Å². The van der Waals surface area contributed by atoms with Crippen molar-refractivity contribution in [3.63, 3.8) is 0 Å². The van der Waals surface area contributed by atoms with Gasteiger partial charge in [-0.1, -0.05) is 30.3 Å². The van der Waals surface area contributed by atoms with Gasteiger partial charge in [-0.15, -0.1) is 23.1 Å². The molecule has 1 aromatic heterocycles. The van der Waals surface area contributed by atoms with Gasteiger partial charge in [0.25, 0.3) is 0 Å². The molecular weight excluding hydrogens is 290 g/mol. The van der Waals surface area contributed by atoms with Gasteiger partial charge in [-0.05, 0) is 22.9 Å². The van der Waals surface area contributed by atoms with Gasteiger partial charge in [0.1, 0.15) is 0 Å². The molecule has 3 aromatic rings. The number of rotatable bonds is 4. The van der Waals surface area contributed by atoms with Crippen molar-refractivity contribution < 1.29 is 9.90 Å². The van der Waals surface area contributed by atoms with E-state index in [0.29, 0.717) is 5.75 Å². The van der Waals surface area contributed by atoms with Crippen molar-refractivity contribution in [3.8, 4) is 0 Å². The molecule has 0 aliphatic rings. The van der Waals surface area contributed by atoms with E-state index in [0.717, 1.165) is 10.6 Å². The number of aromatic carboxylic acids is 1. The Morgan fingerprint density at radius 3 is 2.75 bits per heavy atom. The largest absolute Gasteiger partial charge is 0.476 e. The first-order valence-corrected chi connectivity index (χ1v) is 7.88. The van der Waals surface area contributed by atoms with E-state index in [-0.39, 0.29) is 5.01 Å². The van der Waals surface area contributed by atoms with Crippen LogP contribution >= 0.6 is 23.1 Å². The summed E-state index contributed by atoms with van der Waals surface area (Å²) in [6.45, 7) is 0. The smallest absolute Gasteiger partial charge is 0.365 e. The number of benzene rings is 2. The summed E-state index contributed by atoms with van der Waals surface area (Å²) in [5, 5.41) is 13.2. The van der Waals surface area contributed by atoms with Gasteiger partial charge < -0.3 is 5.11 Å². The third-order valence-electron chi connectivity index (χ3n) is 2.84. The van der Waals surface area contributed by atoms with E-state index in [2.05, 4.69) is 35.3 Å². The second-order valence-electron chi connectivity index (χ2n) is 4.25. The van der Waals surface area contributed by atoms with Crippen LogP contribution in [0.4, 0.5) is 0 Å². The summed E-state index contributed by atoms with van der Waals surface area (Å²) in [6.07, 6.45) is 0. The first kappa shape index (κ1) is 13.1. The van der Waals surface area contributed by atoms with Crippen molar-refractivity contribution in [2.24, 2.45) is 0 Å². The van der Waals surface area contributed by atoms with Crippen LogP contribution in [0.5, 0.6) is 0 Å². The first-order chi connectivity index (χ1) is 9.72. The Bertz CT molecular complexity index is 767. The van der Waals surface area contributed by atoms with Crippen LogP contribution in [0.2, 0.25) is 0 Å². The normalized spacial score (nSPS) is 10.8. The Kier molecular flexibility index (Phi) is 3.71. The number of nitrogens with zero attached hydrogens (tertiary/aromatic N) is 1. The highest BCUT2D eigenvalue weighted by molar-refractivity contribution is 7.98. The van der Waals surface area contributed by atoms with E-state index in [1.807, 2.05) is 12.1 Å². The van der Waals surface area contributed by atoms with Crippen LogP contribution in [0.15, 0.2) is 52.7 Å². The molecule has 100 valence electrons. The molecule has 1 N–H and O–H groups in total. The summed E-state index contributed by atoms with van der Waals surface area (Å²) in [7, 11) is 0. The zero-order valence-corrected chi connectivity index (χ0v) is 12.1. The number of aromatic nitrogens is 1. The molecule has 5 heteroatoms. The molecule has 0 radical (unpaired) electrons. The highest BCUT2D eigenvalue weighted by Gasteiger charge is 2.09.